The van der Waals surface area contributed by atoms with Gasteiger partial charge in [0.2, 0.25) is 0 Å². The molecular formula is C15H22BrNO. The summed E-state index contributed by atoms with van der Waals surface area (Å²) < 4.78 is 6.38. The van der Waals surface area contributed by atoms with Crippen LogP contribution in [0.5, 0.6) is 5.75 Å². The molecule has 0 radical (unpaired) electrons. The second-order valence-corrected chi connectivity index (χ2v) is 6.30. The highest BCUT2D eigenvalue weighted by Gasteiger charge is 2.26. The minimum atomic E-state index is 0.109. The van der Waals surface area contributed by atoms with Crippen molar-refractivity contribution in [1.82, 2.24) is 0 Å². The molecule has 1 saturated carbocycles. The first-order chi connectivity index (χ1) is 8.61. The van der Waals surface area contributed by atoms with Crippen LogP contribution >= 0.6 is 15.9 Å². The monoisotopic (exact) mass is 311 g/mol. The van der Waals surface area contributed by atoms with Gasteiger partial charge in [0.25, 0.3) is 0 Å². The first kappa shape index (κ1) is 13.9. The van der Waals surface area contributed by atoms with Crippen molar-refractivity contribution in [2.45, 2.75) is 38.6 Å². The van der Waals surface area contributed by atoms with Gasteiger partial charge in [0.1, 0.15) is 5.75 Å². The predicted molar refractivity (Wildman–Crippen MR) is 78.7 cm³/mol. The Morgan fingerprint density at radius 2 is 2.17 bits per heavy atom. The zero-order chi connectivity index (χ0) is 13.1. The van der Waals surface area contributed by atoms with Crippen LogP contribution in [0.25, 0.3) is 0 Å². The zero-order valence-electron chi connectivity index (χ0n) is 11.2. The molecule has 1 aliphatic rings. The summed E-state index contributed by atoms with van der Waals surface area (Å²) in [7, 11) is 1.70. The van der Waals surface area contributed by atoms with Crippen LogP contribution in [0.1, 0.15) is 44.2 Å². The van der Waals surface area contributed by atoms with Gasteiger partial charge in [-0.15, -0.1) is 0 Å². The van der Waals surface area contributed by atoms with Crippen LogP contribution in [0.15, 0.2) is 22.7 Å². The lowest BCUT2D eigenvalue weighted by Crippen LogP contribution is -2.26. The van der Waals surface area contributed by atoms with Crippen molar-refractivity contribution in [3.63, 3.8) is 0 Å². The lowest BCUT2D eigenvalue weighted by Gasteiger charge is -2.32. The third-order valence-corrected chi connectivity index (χ3v) is 4.77. The van der Waals surface area contributed by atoms with Crippen molar-refractivity contribution in [3.8, 4) is 5.75 Å². The van der Waals surface area contributed by atoms with Crippen LogP contribution in [0, 0.1) is 11.8 Å². The third-order valence-electron chi connectivity index (χ3n) is 4.05. The first-order valence-corrected chi connectivity index (χ1v) is 7.50. The van der Waals surface area contributed by atoms with Gasteiger partial charge in [0, 0.05) is 10.5 Å². The maximum atomic E-state index is 6.47. The molecule has 18 heavy (non-hydrogen) atoms. The number of nitrogens with two attached hydrogens (primary N) is 1. The van der Waals surface area contributed by atoms with E-state index < -0.39 is 0 Å². The molecule has 100 valence electrons. The van der Waals surface area contributed by atoms with Gasteiger partial charge in [-0.1, -0.05) is 35.7 Å². The maximum absolute atomic E-state index is 6.47. The van der Waals surface area contributed by atoms with Crippen molar-refractivity contribution in [3.05, 3.63) is 28.2 Å². The predicted octanol–water partition coefficient (Wildman–Crippen LogP) is 4.28. The maximum Gasteiger partial charge on any atom is 0.119 e. The topological polar surface area (TPSA) is 35.2 Å². The van der Waals surface area contributed by atoms with E-state index in [1.54, 1.807) is 7.11 Å². The minimum absolute atomic E-state index is 0.109. The van der Waals surface area contributed by atoms with Crippen LogP contribution in [0.4, 0.5) is 0 Å². The van der Waals surface area contributed by atoms with E-state index in [4.69, 9.17) is 10.5 Å². The van der Waals surface area contributed by atoms with Crippen LogP contribution in [0.2, 0.25) is 0 Å². The van der Waals surface area contributed by atoms with Gasteiger partial charge in [-0.25, -0.2) is 0 Å². The summed E-state index contributed by atoms with van der Waals surface area (Å²) >= 11 is 3.61. The summed E-state index contributed by atoms with van der Waals surface area (Å²) in [6.45, 7) is 2.33. The molecule has 0 aliphatic heterocycles. The van der Waals surface area contributed by atoms with E-state index in [1.165, 1.54) is 31.2 Å². The van der Waals surface area contributed by atoms with Crippen molar-refractivity contribution in [2.75, 3.05) is 7.11 Å². The molecule has 3 atom stereocenters. The molecule has 0 amide bonds. The number of hydrogen-bond acceptors (Lipinski definition) is 2. The van der Waals surface area contributed by atoms with Crippen molar-refractivity contribution >= 4 is 15.9 Å². The quantitative estimate of drug-likeness (QED) is 0.904. The normalized spacial score (nSPS) is 25.8. The lowest BCUT2D eigenvalue weighted by atomic mass is 9.77. The fourth-order valence-corrected chi connectivity index (χ4v) is 3.48. The Kier molecular flexibility index (Phi) is 4.68. The molecule has 1 aliphatic carbocycles. The summed E-state index contributed by atoms with van der Waals surface area (Å²) in [4.78, 5) is 0. The lowest BCUT2D eigenvalue weighted by molar-refractivity contribution is 0.247. The van der Waals surface area contributed by atoms with Crippen molar-refractivity contribution in [1.29, 1.82) is 0 Å². The highest BCUT2D eigenvalue weighted by molar-refractivity contribution is 9.10. The van der Waals surface area contributed by atoms with Gasteiger partial charge >= 0.3 is 0 Å². The Labute approximate surface area is 118 Å². The number of ether oxygens (including phenoxy) is 1. The molecule has 1 aromatic rings. The number of rotatable bonds is 3. The second kappa shape index (κ2) is 6.07. The molecule has 2 N–H and O–H groups in total. The summed E-state index contributed by atoms with van der Waals surface area (Å²) in [5.74, 6) is 2.28. The molecule has 0 heterocycles. The van der Waals surface area contributed by atoms with E-state index in [9.17, 15) is 0 Å². The number of halogens is 1. The van der Waals surface area contributed by atoms with Crippen LogP contribution < -0.4 is 10.5 Å². The molecule has 3 heteroatoms. The Morgan fingerprint density at radius 3 is 2.83 bits per heavy atom. The van der Waals surface area contributed by atoms with Gasteiger partial charge in [0.05, 0.1) is 7.11 Å². The second-order valence-electron chi connectivity index (χ2n) is 5.45. The van der Waals surface area contributed by atoms with Crippen molar-refractivity contribution in [2.24, 2.45) is 17.6 Å². The molecule has 0 aromatic heterocycles. The largest absolute Gasteiger partial charge is 0.497 e. The van der Waals surface area contributed by atoms with Gasteiger partial charge < -0.3 is 10.5 Å². The summed E-state index contributed by atoms with van der Waals surface area (Å²) in [6, 6.07) is 6.16. The Morgan fingerprint density at radius 1 is 1.39 bits per heavy atom. The number of methoxy groups -OCH3 is 1. The minimum Gasteiger partial charge on any atom is -0.497 e. The van der Waals surface area contributed by atoms with E-state index in [0.29, 0.717) is 5.92 Å². The molecule has 1 fully saturated rings. The Hall–Kier alpha value is -0.540. The molecule has 0 bridgehead atoms. The number of hydrogen-bond donors (Lipinski definition) is 1. The summed E-state index contributed by atoms with van der Waals surface area (Å²) in [5.41, 5.74) is 7.65. The van der Waals surface area contributed by atoms with Crippen LogP contribution in [0.3, 0.4) is 0 Å². The fraction of sp³-hybridized carbons (Fsp3) is 0.600. The average Bonchev–Trinajstić information content (AvgIpc) is 2.38. The van der Waals surface area contributed by atoms with E-state index in [-0.39, 0.29) is 6.04 Å². The third kappa shape index (κ3) is 3.07. The van der Waals surface area contributed by atoms with Gasteiger partial charge in [0.15, 0.2) is 0 Å². The van der Waals surface area contributed by atoms with E-state index in [1.807, 2.05) is 12.1 Å². The molecule has 0 spiro atoms. The molecule has 1 aromatic carbocycles. The van der Waals surface area contributed by atoms with E-state index in [0.717, 1.165) is 16.1 Å². The zero-order valence-corrected chi connectivity index (χ0v) is 12.7. The Bertz CT molecular complexity index is 407. The van der Waals surface area contributed by atoms with Crippen molar-refractivity contribution < 1.29 is 4.74 Å². The number of benzene rings is 1. The van der Waals surface area contributed by atoms with E-state index >= 15 is 0 Å². The van der Waals surface area contributed by atoms with E-state index in [2.05, 4.69) is 28.9 Å². The highest BCUT2D eigenvalue weighted by Crippen LogP contribution is 2.38. The molecular weight excluding hydrogens is 290 g/mol. The summed E-state index contributed by atoms with van der Waals surface area (Å²) in [5, 5.41) is 0. The van der Waals surface area contributed by atoms with Crippen LogP contribution in [-0.4, -0.2) is 7.11 Å². The smallest absolute Gasteiger partial charge is 0.119 e. The molecule has 3 unspecified atom stereocenters. The molecule has 2 rings (SSSR count). The van der Waals surface area contributed by atoms with Gasteiger partial charge in [-0.2, -0.15) is 0 Å². The van der Waals surface area contributed by atoms with Crippen LogP contribution in [-0.2, 0) is 0 Å². The molecule has 0 saturated heterocycles. The summed E-state index contributed by atoms with van der Waals surface area (Å²) in [6.07, 6.45) is 5.14. The first-order valence-electron chi connectivity index (χ1n) is 6.71. The average molecular weight is 312 g/mol. The highest BCUT2D eigenvalue weighted by atomic mass is 79.9. The SMILES string of the molecule is COc1ccc(Br)c(C(N)C2CCCC(C)C2)c1. The standard InChI is InChI=1S/C15H22BrNO/c1-10-4-3-5-11(8-10)15(17)13-9-12(18-2)6-7-14(13)16/h6-7,9-11,15H,3-5,8,17H2,1-2H3. The van der Waals surface area contributed by atoms with Gasteiger partial charge in [-0.3, -0.25) is 0 Å². The van der Waals surface area contributed by atoms with Gasteiger partial charge in [-0.05, 0) is 48.4 Å². The molecule has 2 nitrogen and oxygen atoms in total. The fourth-order valence-electron chi connectivity index (χ4n) is 2.97. The Balaban J connectivity index is 2.19.